The monoisotopic (exact) mass is 449 g/mol. The molecule has 0 saturated carbocycles. The number of likely N-dealkylation sites (tertiary alicyclic amines) is 1. The third-order valence-electron chi connectivity index (χ3n) is 6.57. The van der Waals surface area contributed by atoms with E-state index in [0.717, 1.165) is 30.1 Å². The Labute approximate surface area is 193 Å². The van der Waals surface area contributed by atoms with E-state index in [1.165, 1.54) is 25.2 Å². The lowest BCUT2D eigenvalue weighted by Gasteiger charge is -2.36. The normalized spacial score (nSPS) is 21.9. The summed E-state index contributed by atoms with van der Waals surface area (Å²) >= 11 is 0. The number of benzene rings is 2. The standard InChI is InChI=1S/C26H28FN3O3/c1-28-23(31)18-26(25(28)33,21-10-5-11-22(27)17-21)19-24(32)30-15-13-29(14-16-30)12-6-9-20-7-3-2-4-8-20/h2-11,17H,12-16,18-19H2,1H3/b9-6+/t26-/m0/s1. The van der Waals surface area contributed by atoms with Crippen molar-refractivity contribution in [3.8, 4) is 0 Å². The molecule has 3 amide bonds. The van der Waals surface area contributed by atoms with Crippen molar-refractivity contribution in [2.24, 2.45) is 0 Å². The summed E-state index contributed by atoms with van der Waals surface area (Å²) in [5.74, 6) is -1.48. The second kappa shape index (κ2) is 9.67. The average molecular weight is 450 g/mol. The van der Waals surface area contributed by atoms with Gasteiger partial charge in [0.25, 0.3) is 0 Å². The molecule has 1 atom stereocenters. The van der Waals surface area contributed by atoms with Gasteiger partial charge in [-0.05, 0) is 23.3 Å². The third kappa shape index (κ3) is 4.88. The van der Waals surface area contributed by atoms with Crippen molar-refractivity contribution in [3.05, 3.63) is 77.6 Å². The molecule has 4 rings (SSSR count). The second-order valence-electron chi connectivity index (χ2n) is 8.70. The first-order chi connectivity index (χ1) is 15.9. The molecule has 2 heterocycles. The van der Waals surface area contributed by atoms with E-state index >= 15 is 0 Å². The van der Waals surface area contributed by atoms with Gasteiger partial charge in [-0.25, -0.2) is 4.39 Å². The van der Waals surface area contributed by atoms with Crippen LogP contribution in [0.3, 0.4) is 0 Å². The lowest BCUT2D eigenvalue weighted by Crippen LogP contribution is -2.50. The minimum Gasteiger partial charge on any atom is -0.340 e. The molecule has 0 aromatic heterocycles. The first-order valence-electron chi connectivity index (χ1n) is 11.2. The van der Waals surface area contributed by atoms with Gasteiger partial charge in [-0.2, -0.15) is 0 Å². The average Bonchev–Trinajstić information content (AvgIpc) is 3.04. The van der Waals surface area contributed by atoms with Crippen molar-refractivity contribution in [2.75, 3.05) is 39.8 Å². The van der Waals surface area contributed by atoms with Crippen LogP contribution in [0.1, 0.15) is 24.0 Å². The Morgan fingerprint density at radius 1 is 1.03 bits per heavy atom. The Morgan fingerprint density at radius 2 is 1.76 bits per heavy atom. The predicted octanol–water partition coefficient (Wildman–Crippen LogP) is 2.70. The number of rotatable bonds is 6. The van der Waals surface area contributed by atoms with Gasteiger partial charge in [0.1, 0.15) is 5.82 Å². The van der Waals surface area contributed by atoms with Crippen LogP contribution in [0.4, 0.5) is 4.39 Å². The molecule has 2 aliphatic rings. The zero-order valence-electron chi connectivity index (χ0n) is 18.7. The Bertz CT molecular complexity index is 1060. The molecule has 172 valence electrons. The van der Waals surface area contributed by atoms with E-state index in [4.69, 9.17) is 0 Å². The maximum Gasteiger partial charge on any atom is 0.240 e. The van der Waals surface area contributed by atoms with Crippen molar-refractivity contribution in [3.63, 3.8) is 0 Å². The highest BCUT2D eigenvalue weighted by Gasteiger charge is 2.53. The van der Waals surface area contributed by atoms with E-state index in [1.807, 2.05) is 30.3 Å². The number of carbonyl (C=O) groups excluding carboxylic acids is 3. The smallest absolute Gasteiger partial charge is 0.240 e. The molecule has 2 saturated heterocycles. The number of hydrogen-bond acceptors (Lipinski definition) is 4. The molecule has 0 radical (unpaired) electrons. The van der Waals surface area contributed by atoms with Crippen LogP contribution in [0.5, 0.6) is 0 Å². The van der Waals surface area contributed by atoms with Gasteiger partial charge < -0.3 is 4.90 Å². The zero-order chi connectivity index (χ0) is 23.4. The molecule has 2 aromatic carbocycles. The van der Waals surface area contributed by atoms with Crippen LogP contribution in [-0.2, 0) is 19.8 Å². The highest BCUT2D eigenvalue weighted by molar-refractivity contribution is 6.10. The highest BCUT2D eigenvalue weighted by atomic mass is 19.1. The number of amides is 3. The lowest BCUT2D eigenvalue weighted by atomic mass is 9.75. The molecule has 7 heteroatoms. The number of hydrogen-bond donors (Lipinski definition) is 0. The summed E-state index contributed by atoms with van der Waals surface area (Å²) < 4.78 is 13.9. The van der Waals surface area contributed by atoms with Crippen LogP contribution < -0.4 is 0 Å². The molecular formula is C26H28FN3O3. The molecule has 6 nitrogen and oxygen atoms in total. The van der Waals surface area contributed by atoms with Gasteiger partial charge in [0.15, 0.2) is 0 Å². The largest absolute Gasteiger partial charge is 0.340 e. The van der Waals surface area contributed by atoms with Crippen LogP contribution >= 0.6 is 0 Å². The van der Waals surface area contributed by atoms with E-state index in [-0.39, 0.29) is 24.7 Å². The predicted molar refractivity (Wildman–Crippen MR) is 124 cm³/mol. The van der Waals surface area contributed by atoms with E-state index in [2.05, 4.69) is 17.1 Å². The number of likely N-dealkylation sites (N-methyl/N-ethyl adjacent to an activating group) is 1. The Hall–Kier alpha value is -3.32. The van der Waals surface area contributed by atoms with Crippen LogP contribution in [0, 0.1) is 5.82 Å². The lowest BCUT2D eigenvalue weighted by molar-refractivity contribution is -0.142. The number of piperazine rings is 1. The SMILES string of the molecule is CN1C(=O)C[C@](CC(=O)N2CCN(C/C=C/c3ccccc3)CC2)(c2cccc(F)c2)C1=O. The maximum atomic E-state index is 13.9. The first kappa shape index (κ1) is 22.9. The molecule has 0 aliphatic carbocycles. The van der Waals surface area contributed by atoms with Crippen molar-refractivity contribution in [2.45, 2.75) is 18.3 Å². The zero-order valence-corrected chi connectivity index (χ0v) is 18.7. The van der Waals surface area contributed by atoms with Crippen LogP contribution in [-0.4, -0.2) is 72.2 Å². The summed E-state index contributed by atoms with van der Waals surface area (Å²) in [7, 11) is 1.41. The van der Waals surface area contributed by atoms with Gasteiger partial charge in [0.05, 0.1) is 5.41 Å². The quantitative estimate of drug-likeness (QED) is 0.637. The highest BCUT2D eigenvalue weighted by Crippen LogP contribution is 2.40. The fourth-order valence-electron chi connectivity index (χ4n) is 4.59. The third-order valence-corrected chi connectivity index (χ3v) is 6.57. The summed E-state index contributed by atoms with van der Waals surface area (Å²) in [5.41, 5.74) is 0.179. The summed E-state index contributed by atoms with van der Waals surface area (Å²) in [6.07, 6.45) is 3.94. The molecular weight excluding hydrogens is 421 g/mol. The minimum absolute atomic E-state index is 0.123. The van der Waals surface area contributed by atoms with Gasteiger partial charge in [-0.15, -0.1) is 0 Å². The van der Waals surface area contributed by atoms with Crippen LogP contribution in [0.2, 0.25) is 0 Å². The van der Waals surface area contributed by atoms with E-state index in [1.54, 1.807) is 11.0 Å². The Morgan fingerprint density at radius 3 is 2.39 bits per heavy atom. The fourth-order valence-corrected chi connectivity index (χ4v) is 4.59. The van der Waals surface area contributed by atoms with E-state index in [0.29, 0.717) is 18.7 Å². The van der Waals surface area contributed by atoms with Crippen molar-refractivity contribution in [1.29, 1.82) is 0 Å². The van der Waals surface area contributed by atoms with Gasteiger partial charge in [0.2, 0.25) is 17.7 Å². The number of halogens is 1. The van der Waals surface area contributed by atoms with E-state index in [9.17, 15) is 18.8 Å². The molecule has 2 aliphatic heterocycles. The van der Waals surface area contributed by atoms with Crippen molar-refractivity contribution >= 4 is 23.8 Å². The molecule has 0 unspecified atom stereocenters. The summed E-state index contributed by atoms with van der Waals surface area (Å²) in [6.45, 7) is 3.35. The van der Waals surface area contributed by atoms with Gasteiger partial charge in [0, 0.05) is 52.6 Å². The topological polar surface area (TPSA) is 60.9 Å². The maximum absolute atomic E-state index is 13.9. The first-order valence-corrected chi connectivity index (χ1v) is 11.2. The molecule has 0 N–H and O–H groups in total. The van der Waals surface area contributed by atoms with Crippen LogP contribution in [0.15, 0.2) is 60.7 Å². The molecule has 2 aromatic rings. The number of carbonyl (C=O) groups is 3. The second-order valence-corrected chi connectivity index (χ2v) is 8.70. The van der Waals surface area contributed by atoms with Crippen molar-refractivity contribution in [1.82, 2.24) is 14.7 Å². The van der Waals surface area contributed by atoms with Gasteiger partial charge >= 0.3 is 0 Å². The molecule has 0 bridgehead atoms. The molecule has 33 heavy (non-hydrogen) atoms. The van der Waals surface area contributed by atoms with Gasteiger partial charge in [-0.3, -0.25) is 24.2 Å². The Kier molecular flexibility index (Phi) is 6.70. The summed E-state index contributed by atoms with van der Waals surface area (Å²) in [4.78, 5) is 43.6. The fraction of sp³-hybridized carbons (Fsp3) is 0.346. The van der Waals surface area contributed by atoms with E-state index < -0.39 is 17.1 Å². The Balaban J connectivity index is 1.40. The summed E-state index contributed by atoms with van der Waals surface area (Å²) in [6, 6.07) is 15.8. The summed E-state index contributed by atoms with van der Waals surface area (Å²) in [5, 5.41) is 0. The van der Waals surface area contributed by atoms with Crippen molar-refractivity contribution < 1.29 is 18.8 Å². The van der Waals surface area contributed by atoms with Crippen LogP contribution in [0.25, 0.3) is 6.08 Å². The molecule has 2 fully saturated rings. The van der Waals surface area contributed by atoms with Gasteiger partial charge in [-0.1, -0.05) is 54.6 Å². The number of imide groups is 1. The number of nitrogens with zero attached hydrogens (tertiary/aromatic N) is 3. The minimum atomic E-state index is -1.35. The molecule has 0 spiro atoms.